The van der Waals surface area contributed by atoms with Crippen molar-refractivity contribution in [3.05, 3.63) is 87.7 Å². The monoisotopic (exact) mass is 567 g/mol. The highest BCUT2D eigenvalue weighted by atomic mass is 35.5. The third kappa shape index (κ3) is 5.60. The van der Waals surface area contributed by atoms with E-state index in [4.69, 9.17) is 46.4 Å². The number of carbonyl (C=O) groups is 3. The number of halogens is 5. The lowest BCUT2D eigenvalue weighted by molar-refractivity contribution is -0.117. The van der Waals surface area contributed by atoms with Crippen LogP contribution in [0.2, 0.25) is 10.0 Å². The Morgan fingerprint density at radius 2 is 1.42 bits per heavy atom. The molecule has 1 fully saturated rings. The first-order valence-electron chi connectivity index (χ1n) is 10.6. The number of benzene rings is 3. The molecule has 3 aromatic rings. The zero-order chi connectivity index (χ0) is 26.2. The van der Waals surface area contributed by atoms with Gasteiger partial charge in [-0.1, -0.05) is 29.3 Å². The number of hydrogen-bond donors (Lipinski definition) is 3. The Balaban J connectivity index is 1.46. The summed E-state index contributed by atoms with van der Waals surface area (Å²) < 4.78 is 12.1. The second-order valence-electron chi connectivity index (χ2n) is 8.20. The molecule has 0 spiro atoms. The molecule has 0 heterocycles. The minimum atomic E-state index is -1.40. The summed E-state index contributed by atoms with van der Waals surface area (Å²) in [6, 6.07) is 15.0. The maximum absolute atomic E-state index is 13.5. The van der Waals surface area contributed by atoms with Crippen LogP contribution in [0.1, 0.15) is 28.8 Å². The Morgan fingerprint density at radius 3 is 2.03 bits per heavy atom. The predicted octanol–water partition coefficient (Wildman–Crippen LogP) is 6.87. The molecule has 1 saturated carbocycles. The van der Waals surface area contributed by atoms with Crippen LogP contribution >= 0.6 is 46.4 Å². The van der Waals surface area contributed by atoms with Crippen molar-refractivity contribution in [2.75, 3.05) is 16.0 Å². The highest BCUT2D eigenvalue weighted by Crippen LogP contribution is 2.65. The number of alkyl halides is 2. The van der Waals surface area contributed by atoms with E-state index in [1.54, 1.807) is 24.3 Å². The van der Waals surface area contributed by atoms with Crippen LogP contribution in [0.4, 0.5) is 21.5 Å². The minimum Gasteiger partial charge on any atom is -0.326 e. The Hall–Kier alpha value is -2.84. The molecule has 36 heavy (non-hydrogen) atoms. The second-order valence-corrected chi connectivity index (χ2v) is 10.5. The molecule has 0 saturated heterocycles. The molecule has 0 radical (unpaired) electrons. The number of nitrogens with one attached hydrogen (secondary N) is 3. The van der Waals surface area contributed by atoms with Crippen LogP contribution in [0.5, 0.6) is 0 Å². The first-order chi connectivity index (χ1) is 17.0. The summed E-state index contributed by atoms with van der Waals surface area (Å²) in [7, 11) is 0. The molecule has 3 aromatic carbocycles. The van der Waals surface area contributed by atoms with Crippen LogP contribution in [0, 0.1) is 11.7 Å². The van der Waals surface area contributed by atoms with Crippen LogP contribution in [0.15, 0.2) is 60.7 Å². The van der Waals surface area contributed by atoms with E-state index in [0.717, 1.165) is 0 Å². The zero-order valence-corrected chi connectivity index (χ0v) is 21.6. The van der Waals surface area contributed by atoms with Gasteiger partial charge in [0.15, 0.2) is 0 Å². The number of anilines is 3. The van der Waals surface area contributed by atoms with Crippen LogP contribution < -0.4 is 16.0 Å². The molecule has 1 aliphatic carbocycles. The third-order valence-corrected chi connectivity index (χ3v) is 7.14. The molecular formula is C25H18Cl4FN3O3. The largest absolute Gasteiger partial charge is 0.326 e. The Morgan fingerprint density at radius 1 is 0.806 bits per heavy atom. The Bertz CT molecular complexity index is 1370. The molecule has 0 unspecified atom stereocenters. The second kappa shape index (κ2) is 10.3. The quantitative estimate of drug-likeness (QED) is 0.284. The van der Waals surface area contributed by atoms with Crippen LogP contribution in [-0.4, -0.2) is 22.1 Å². The molecular weight excluding hydrogens is 551 g/mol. The first-order valence-corrected chi connectivity index (χ1v) is 12.1. The predicted molar refractivity (Wildman–Crippen MR) is 141 cm³/mol. The van der Waals surface area contributed by atoms with E-state index in [1.165, 1.54) is 43.3 Å². The van der Waals surface area contributed by atoms with Crippen molar-refractivity contribution in [1.82, 2.24) is 0 Å². The van der Waals surface area contributed by atoms with Crippen molar-refractivity contribution >= 4 is 81.2 Å². The van der Waals surface area contributed by atoms with Crippen molar-refractivity contribution < 1.29 is 18.8 Å². The summed E-state index contributed by atoms with van der Waals surface area (Å²) in [5, 5.41) is 8.13. The molecule has 0 aliphatic heterocycles. The van der Waals surface area contributed by atoms with E-state index in [9.17, 15) is 18.8 Å². The van der Waals surface area contributed by atoms with Crippen molar-refractivity contribution in [2.24, 2.45) is 5.92 Å². The van der Waals surface area contributed by atoms with E-state index in [2.05, 4.69) is 16.0 Å². The summed E-state index contributed by atoms with van der Waals surface area (Å²) in [4.78, 5) is 36.9. The van der Waals surface area contributed by atoms with Gasteiger partial charge in [0, 0.05) is 29.9 Å². The van der Waals surface area contributed by atoms with Gasteiger partial charge < -0.3 is 16.0 Å². The fourth-order valence-corrected chi connectivity index (χ4v) is 5.03. The molecule has 2 atom stereocenters. The van der Waals surface area contributed by atoms with Crippen molar-refractivity contribution in [3.63, 3.8) is 0 Å². The van der Waals surface area contributed by atoms with E-state index < -0.39 is 33.8 Å². The molecule has 1 aliphatic rings. The van der Waals surface area contributed by atoms with E-state index in [1.807, 2.05) is 0 Å². The van der Waals surface area contributed by atoms with Crippen molar-refractivity contribution in [1.29, 1.82) is 0 Å². The zero-order valence-electron chi connectivity index (χ0n) is 18.5. The van der Waals surface area contributed by atoms with Gasteiger partial charge in [0.2, 0.25) is 11.8 Å². The first kappa shape index (κ1) is 26.2. The molecule has 6 nitrogen and oxygen atoms in total. The van der Waals surface area contributed by atoms with E-state index in [0.29, 0.717) is 22.6 Å². The minimum absolute atomic E-state index is 0.0965. The van der Waals surface area contributed by atoms with Gasteiger partial charge >= 0.3 is 0 Å². The average Bonchev–Trinajstić information content (AvgIpc) is 3.39. The van der Waals surface area contributed by atoms with Crippen LogP contribution in [-0.2, 0) is 9.59 Å². The molecule has 0 bridgehead atoms. The summed E-state index contributed by atoms with van der Waals surface area (Å²) in [6.45, 7) is 1.39. The topological polar surface area (TPSA) is 87.3 Å². The fraction of sp³-hybridized carbons (Fsp3) is 0.160. The molecule has 3 amide bonds. The summed E-state index contributed by atoms with van der Waals surface area (Å²) in [5.74, 6) is -3.19. The van der Waals surface area contributed by atoms with Crippen LogP contribution in [0.25, 0.3) is 0 Å². The van der Waals surface area contributed by atoms with Gasteiger partial charge in [0.1, 0.15) is 10.2 Å². The third-order valence-electron chi connectivity index (χ3n) is 5.58. The number of carbonyl (C=O) groups excluding carboxylic acids is 3. The van der Waals surface area contributed by atoms with Gasteiger partial charge in [0.05, 0.1) is 21.5 Å². The van der Waals surface area contributed by atoms with Gasteiger partial charge in [-0.2, -0.15) is 0 Å². The average molecular weight is 569 g/mol. The normalized spacial score (nSPS) is 17.7. The maximum Gasteiger partial charge on any atom is 0.257 e. The maximum atomic E-state index is 13.5. The van der Waals surface area contributed by atoms with Gasteiger partial charge in [-0.3, -0.25) is 14.4 Å². The van der Waals surface area contributed by atoms with Gasteiger partial charge in [0.25, 0.3) is 5.91 Å². The molecule has 4 rings (SSSR count). The van der Waals surface area contributed by atoms with Gasteiger partial charge in [-0.05, 0) is 60.2 Å². The highest BCUT2D eigenvalue weighted by molar-refractivity contribution is 6.53. The molecule has 3 N–H and O–H groups in total. The summed E-state index contributed by atoms with van der Waals surface area (Å²) in [6.07, 6.45) is 0. The number of rotatable bonds is 6. The smallest absolute Gasteiger partial charge is 0.257 e. The lowest BCUT2D eigenvalue weighted by Gasteiger charge is -2.11. The van der Waals surface area contributed by atoms with E-state index >= 15 is 0 Å². The van der Waals surface area contributed by atoms with Crippen molar-refractivity contribution in [3.8, 4) is 0 Å². The van der Waals surface area contributed by atoms with Gasteiger partial charge in [-0.15, -0.1) is 23.2 Å². The summed E-state index contributed by atoms with van der Waals surface area (Å²) >= 11 is 24.8. The van der Waals surface area contributed by atoms with Gasteiger partial charge in [-0.25, -0.2) is 4.39 Å². The lowest BCUT2D eigenvalue weighted by Crippen LogP contribution is -2.18. The fourth-order valence-electron chi connectivity index (χ4n) is 3.81. The van der Waals surface area contributed by atoms with Crippen molar-refractivity contribution in [2.45, 2.75) is 17.2 Å². The molecule has 0 aromatic heterocycles. The SMILES string of the molecule is CC(=O)Nc1ccc(NC(=O)c2cc(NC(=O)[C@@H]3[C@@H](c4ccc(F)c(Cl)c4)C3(Cl)Cl)ccc2Cl)cc1. The lowest BCUT2D eigenvalue weighted by atomic mass is 10.1. The number of hydrogen-bond acceptors (Lipinski definition) is 3. The Kier molecular flexibility index (Phi) is 7.48. The highest BCUT2D eigenvalue weighted by Gasteiger charge is 2.67. The van der Waals surface area contributed by atoms with Crippen LogP contribution in [0.3, 0.4) is 0 Å². The Labute approximate surface area is 226 Å². The molecule has 11 heteroatoms. The molecule has 186 valence electrons. The number of amides is 3. The summed E-state index contributed by atoms with van der Waals surface area (Å²) in [5.41, 5.74) is 2.03. The van der Waals surface area contributed by atoms with E-state index in [-0.39, 0.29) is 21.5 Å². The standard InChI is InChI=1S/C25H18Cl4FN3O3/c1-12(34)31-14-3-5-15(6-4-14)32-23(35)17-11-16(7-8-18(17)26)33-24(36)22-21(25(22,28)29)13-2-9-20(30)19(27)10-13/h2-11,21-22H,1H3,(H,31,34)(H,32,35)(H,33,36)/t21-,22+/m1/s1.